The molecule has 0 aliphatic carbocycles. The number of carbonyl (C=O) groups is 2. The van der Waals surface area contributed by atoms with Crippen LogP contribution in [0.1, 0.15) is 40.0 Å². The Morgan fingerprint density at radius 3 is 2.61 bits per heavy atom. The third-order valence-corrected chi connectivity index (χ3v) is 3.87. The normalized spacial score (nSPS) is 17.9. The molecule has 1 fully saturated rings. The average Bonchev–Trinajstić information content (AvgIpc) is 2.96. The quantitative estimate of drug-likeness (QED) is 0.821. The van der Waals surface area contributed by atoms with Gasteiger partial charge >= 0.3 is 0 Å². The Hall–Kier alpha value is -2.31. The van der Waals surface area contributed by atoms with Crippen LogP contribution in [-0.2, 0) is 9.59 Å². The second-order valence-corrected chi connectivity index (χ2v) is 6.72. The third kappa shape index (κ3) is 4.34. The van der Waals surface area contributed by atoms with E-state index in [4.69, 9.17) is 5.41 Å². The lowest BCUT2D eigenvalue weighted by atomic mass is 9.88. The topological polar surface area (TPSA) is 99.0 Å². The Kier molecular flexibility index (Phi) is 5.08. The summed E-state index contributed by atoms with van der Waals surface area (Å²) in [6.07, 6.45) is 4.71. The first-order valence-corrected chi connectivity index (χ1v) is 7.74. The second kappa shape index (κ2) is 6.85. The highest BCUT2D eigenvalue weighted by Gasteiger charge is 2.33. The molecule has 0 bridgehead atoms. The van der Waals surface area contributed by atoms with Gasteiger partial charge in [0.2, 0.25) is 17.8 Å². The van der Waals surface area contributed by atoms with Crippen molar-refractivity contribution in [3.63, 3.8) is 0 Å². The number of imide groups is 1. The lowest BCUT2D eigenvalue weighted by Crippen LogP contribution is -2.46. The lowest BCUT2D eigenvalue weighted by Gasteiger charge is -2.24. The molecule has 0 spiro atoms. The zero-order valence-corrected chi connectivity index (χ0v) is 13.8. The molecule has 7 nitrogen and oxygen atoms in total. The monoisotopic (exact) mass is 317 g/mol. The van der Waals surface area contributed by atoms with E-state index in [-0.39, 0.29) is 17.7 Å². The molecule has 1 unspecified atom stereocenters. The standard InChI is InChI=1S/C16H23N5O2/c1-16(2,3)12(17)10-13(22)20-14(23)11-6-4-9-21(11)15-18-7-5-8-19-15/h5,7-8,11,17H,4,6,9-10H2,1-3H3,(H,20,22,23). The van der Waals surface area contributed by atoms with Crippen LogP contribution < -0.4 is 10.2 Å². The smallest absolute Gasteiger partial charge is 0.249 e. The van der Waals surface area contributed by atoms with Gasteiger partial charge in [0.05, 0.1) is 6.42 Å². The maximum Gasteiger partial charge on any atom is 0.249 e. The zero-order valence-electron chi connectivity index (χ0n) is 13.8. The molecule has 2 heterocycles. The van der Waals surface area contributed by atoms with Gasteiger partial charge in [0.1, 0.15) is 6.04 Å². The van der Waals surface area contributed by atoms with Crippen LogP contribution in [0.2, 0.25) is 0 Å². The molecule has 0 aromatic carbocycles. The predicted molar refractivity (Wildman–Crippen MR) is 87.3 cm³/mol. The molecular weight excluding hydrogens is 294 g/mol. The Morgan fingerprint density at radius 2 is 2.00 bits per heavy atom. The number of anilines is 1. The van der Waals surface area contributed by atoms with Crippen molar-refractivity contribution in [1.82, 2.24) is 15.3 Å². The lowest BCUT2D eigenvalue weighted by molar-refractivity contribution is -0.130. The Balaban J connectivity index is 1.97. The number of amides is 2. The first-order valence-electron chi connectivity index (χ1n) is 7.74. The van der Waals surface area contributed by atoms with Crippen molar-refractivity contribution in [3.05, 3.63) is 18.5 Å². The molecule has 1 aromatic rings. The second-order valence-electron chi connectivity index (χ2n) is 6.72. The van der Waals surface area contributed by atoms with Crippen molar-refractivity contribution in [2.24, 2.45) is 5.41 Å². The molecule has 1 aliphatic heterocycles. The summed E-state index contributed by atoms with van der Waals surface area (Å²) in [5.41, 5.74) is -0.0741. The number of hydrogen-bond acceptors (Lipinski definition) is 6. The van der Waals surface area contributed by atoms with E-state index in [1.807, 2.05) is 25.7 Å². The Labute approximate surface area is 136 Å². The van der Waals surface area contributed by atoms with Gasteiger partial charge in [0, 0.05) is 30.1 Å². The summed E-state index contributed by atoms with van der Waals surface area (Å²) in [4.78, 5) is 34.5. The minimum absolute atomic E-state index is 0.0657. The van der Waals surface area contributed by atoms with Crippen LogP contribution in [0.25, 0.3) is 0 Å². The van der Waals surface area contributed by atoms with Gasteiger partial charge in [-0.3, -0.25) is 14.9 Å². The summed E-state index contributed by atoms with van der Waals surface area (Å²) >= 11 is 0. The predicted octanol–water partition coefficient (Wildman–Crippen LogP) is 1.54. The van der Waals surface area contributed by atoms with E-state index in [1.54, 1.807) is 18.5 Å². The highest BCUT2D eigenvalue weighted by atomic mass is 16.2. The molecule has 7 heteroatoms. The average molecular weight is 317 g/mol. The Morgan fingerprint density at radius 1 is 1.35 bits per heavy atom. The maximum absolute atomic E-state index is 12.4. The molecular formula is C16H23N5O2. The van der Waals surface area contributed by atoms with Gasteiger partial charge in [0.15, 0.2) is 0 Å². The highest BCUT2D eigenvalue weighted by Crippen LogP contribution is 2.22. The van der Waals surface area contributed by atoms with Crippen molar-refractivity contribution in [2.75, 3.05) is 11.4 Å². The fourth-order valence-electron chi connectivity index (χ4n) is 2.41. The first kappa shape index (κ1) is 17.1. The van der Waals surface area contributed by atoms with Crippen LogP contribution in [-0.4, -0.2) is 40.1 Å². The molecule has 2 N–H and O–H groups in total. The molecule has 23 heavy (non-hydrogen) atoms. The number of carbonyl (C=O) groups excluding carboxylic acids is 2. The van der Waals surface area contributed by atoms with Crippen molar-refractivity contribution in [1.29, 1.82) is 5.41 Å². The summed E-state index contributed by atoms with van der Waals surface area (Å²) in [6.45, 7) is 6.30. The largest absolute Gasteiger partial charge is 0.329 e. The number of nitrogens with one attached hydrogen (secondary N) is 2. The number of rotatable bonds is 4. The van der Waals surface area contributed by atoms with Gasteiger partial charge in [0.25, 0.3) is 0 Å². The maximum atomic E-state index is 12.4. The van der Waals surface area contributed by atoms with E-state index >= 15 is 0 Å². The fourth-order valence-corrected chi connectivity index (χ4v) is 2.41. The summed E-state index contributed by atoms with van der Waals surface area (Å²) in [7, 11) is 0. The third-order valence-electron chi connectivity index (χ3n) is 3.87. The minimum atomic E-state index is -0.440. The number of hydrogen-bond donors (Lipinski definition) is 2. The SMILES string of the molecule is CC(C)(C)C(=N)CC(=O)NC(=O)C1CCCN1c1ncccn1. The van der Waals surface area contributed by atoms with Crippen LogP contribution in [0.15, 0.2) is 18.5 Å². The van der Waals surface area contributed by atoms with E-state index in [1.165, 1.54) is 0 Å². The van der Waals surface area contributed by atoms with Crippen molar-refractivity contribution >= 4 is 23.5 Å². The van der Waals surface area contributed by atoms with E-state index in [0.717, 1.165) is 6.42 Å². The van der Waals surface area contributed by atoms with Gasteiger partial charge < -0.3 is 10.3 Å². The number of aromatic nitrogens is 2. The molecule has 124 valence electrons. The van der Waals surface area contributed by atoms with Crippen molar-refractivity contribution in [2.45, 2.75) is 46.1 Å². The van der Waals surface area contributed by atoms with Crippen LogP contribution in [0.4, 0.5) is 5.95 Å². The summed E-state index contributed by atoms with van der Waals surface area (Å²) in [5.74, 6) is -0.280. The minimum Gasteiger partial charge on any atom is -0.329 e. The van der Waals surface area contributed by atoms with E-state index in [0.29, 0.717) is 24.6 Å². The Bertz CT molecular complexity index is 594. The zero-order chi connectivity index (χ0) is 17.0. The van der Waals surface area contributed by atoms with Gasteiger partial charge in [-0.1, -0.05) is 20.8 Å². The summed E-state index contributed by atoms with van der Waals surface area (Å²) < 4.78 is 0. The van der Waals surface area contributed by atoms with E-state index in [2.05, 4.69) is 15.3 Å². The molecule has 1 aliphatic rings. The molecule has 1 aromatic heterocycles. The van der Waals surface area contributed by atoms with Crippen LogP contribution >= 0.6 is 0 Å². The molecule has 0 radical (unpaired) electrons. The van der Waals surface area contributed by atoms with Crippen LogP contribution in [0.5, 0.6) is 0 Å². The molecule has 0 saturated carbocycles. The molecule has 2 rings (SSSR count). The van der Waals surface area contributed by atoms with Gasteiger partial charge in [-0.05, 0) is 18.9 Å². The fraction of sp³-hybridized carbons (Fsp3) is 0.562. The van der Waals surface area contributed by atoms with E-state index < -0.39 is 11.9 Å². The van der Waals surface area contributed by atoms with E-state index in [9.17, 15) is 9.59 Å². The first-order chi connectivity index (χ1) is 10.8. The molecule has 2 amide bonds. The number of nitrogens with zero attached hydrogens (tertiary/aromatic N) is 3. The summed E-state index contributed by atoms with van der Waals surface area (Å²) in [5, 5.41) is 10.3. The van der Waals surface area contributed by atoms with Gasteiger partial charge in [-0.25, -0.2) is 9.97 Å². The van der Waals surface area contributed by atoms with Crippen molar-refractivity contribution < 1.29 is 9.59 Å². The van der Waals surface area contributed by atoms with Crippen LogP contribution in [0, 0.1) is 10.8 Å². The highest BCUT2D eigenvalue weighted by molar-refractivity contribution is 6.08. The molecule has 1 saturated heterocycles. The summed E-state index contributed by atoms with van der Waals surface area (Å²) in [6, 6.07) is 1.28. The van der Waals surface area contributed by atoms with Gasteiger partial charge in [-0.2, -0.15) is 0 Å². The van der Waals surface area contributed by atoms with Crippen LogP contribution in [0.3, 0.4) is 0 Å². The van der Waals surface area contributed by atoms with Gasteiger partial charge in [-0.15, -0.1) is 0 Å². The van der Waals surface area contributed by atoms with Crippen molar-refractivity contribution in [3.8, 4) is 0 Å². The molecule has 1 atom stereocenters.